The summed E-state index contributed by atoms with van der Waals surface area (Å²) in [6.45, 7) is 5.44. The zero-order valence-corrected chi connectivity index (χ0v) is 16.7. The van der Waals surface area contributed by atoms with E-state index in [-0.39, 0.29) is 5.91 Å². The molecule has 1 aromatic carbocycles. The first-order valence-electron chi connectivity index (χ1n) is 9.06. The van der Waals surface area contributed by atoms with E-state index in [1.807, 2.05) is 24.0 Å². The van der Waals surface area contributed by atoms with Gasteiger partial charge < -0.3 is 14.4 Å². The number of hydrogen-bond donors (Lipinski definition) is 0. The third kappa shape index (κ3) is 3.70. The molecule has 0 bridgehead atoms. The van der Waals surface area contributed by atoms with Crippen molar-refractivity contribution in [2.75, 3.05) is 20.8 Å². The van der Waals surface area contributed by atoms with E-state index in [1.54, 1.807) is 14.2 Å². The van der Waals surface area contributed by atoms with E-state index in [4.69, 9.17) is 9.47 Å². The van der Waals surface area contributed by atoms with Crippen LogP contribution in [-0.4, -0.2) is 36.6 Å². The molecule has 6 heteroatoms. The number of amides is 1. The lowest BCUT2D eigenvalue weighted by molar-refractivity contribution is 0.0738. The fourth-order valence-electron chi connectivity index (χ4n) is 3.35. The number of ether oxygens (including phenoxy) is 2. The van der Waals surface area contributed by atoms with E-state index in [1.165, 1.54) is 16.9 Å². The van der Waals surface area contributed by atoms with Gasteiger partial charge in [-0.05, 0) is 49.4 Å². The molecule has 1 aliphatic rings. The normalized spacial score (nSPS) is 13.5. The maximum atomic E-state index is 13.1. The Morgan fingerprint density at radius 1 is 1.23 bits per heavy atom. The van der Waals surface area contributed by atoms with Crippen molar-refractivity contribution in [3.63, 3.8) is 0 Å². The highest BCUT2D eigenvalue weighted by molar-refractivity contribution is 7.13. The Morgan fingerprint density at radius 3 is 2.58 bits per heavy atom. The smallest absolute Gasteiger partial charge is 0.266 e. The maximum absolute atomic E-state index is 13.1. The molecule has 0 saturated heterocycles. The first-order valence-corrected chi connectivity index (χ1v) is 9.88. The third-order valence-corrected chi connectivity index (χ3v) is 5.77. The molecule has 1 aliphatic heterocycles. The zero-order chi connectivity index (χ0) is 18.7. The molecule has 140 valence electrons. The van der Waals surface area contributed by atoms with Crippen LogP contribution < -0.4 is 9.47 Å². The largest absolute Gasteiger partial charge is 0.493 e. The van der Waals surface area contributed by atoms with Crippen molar-refractivity contribution in [1.82, 2.24) is 9.88 Å². The van der Waals surface area contributed by atoms with Crippen LogP contribution in [0.25, 0.3) is 0 Å². The van der Waals surface area contributed by atoms with Crippen molar-refractivity contribution in [2.24, 2.45) is 0 Å². The summed E-state index contributed by atoms with van der Waals surface area (Å²) >= 11 is 1.51. The van der Waals surface area contributed by atoms with Gasteiger partial charge >= 0.3 is 0 Å². The van der Waals surface area contributed by atoms with Gasteiger partial charge in [0.25, 0.3) is 5.91 Å². The summed E-state index contributed by atoms with van der Waals surface area (Å²) in [6.07, 6.45) is 3.85. The summed E-state index contributed by atoms with van der Waals surface area (Å²) < 4.78 is 10.8. The first kappa shape index (κ1) is 18.7. The van der Waals surface area contributed by atoms with Gasteiger partial charge in [-0.25, -0.2) is 4.98 Å². The van der Waals surface area contributed by atoms with Crippen LogP contribution in [0.4, 0.5) is 0 Å². The molecule has 0 aliphatic carbocycles. The molecule has 0 atom stereocenters. The number of aromatic nitrogens is 1. The van der Waals surface area contributed by atoms with Crippen molar-refractivity contribution < 1.29 is 14.3 Å². The van der Waals surface area contributed by atoms with Gasteiger partial charge in [-0.15, -0.1) is 11.3 Å². The number of thiazole rings is 1. The lowest BCUT2D eigenvalue weighted by Crippen LogP contribution is -2.36. The van der Waals surface area contributed by atoms with E-state index in [2.05, 4.69) is 11.9 Å². The molecule has 3 rings (SSSR count). The Hall–Kier alpha value is -2.08. The lowest BCUT2D eigenvalue weighted by Gasteiger charge is -2.29. The van der Waals surface area contributed by atoms with Crippen LogP contribution in [0.2, 0.25) is 0 Å². The SMILES string of the molecule is CCCCc1nc(C)sc1C(=O)N1CCc2cc(OC)c(OC)cc2C1. The number of unbranched alkanes of at least 4 members (excludes halogenated alkanes) is 1. The number of aryl methyl sites for hydroxylation is 2. The lowest BCUT2D eigenvalue weighted by atomic mass is 9.98. The number of benzene rings is 1. The van der Waals surface area contributed by atoms with E-state index < -0.39 is 0 Å². The number of hydrogen-bond acceptors (Lipinski definition) is 5. The minimum atomic E-state index is 0.0992. The number of rotatable bonds is 6. The highest BCUT2D eigenvalue weighted by atomic mass is 32.1. The molecule has 0 spiro atoms. The van der Waals surface area contributed by atoms with E-state index >= 15 is 0 Å². The van der Waals surface area contributed by atoms with Crippen LogP contribution >= 0.6 is 11.3 Å². The molecule has 0 radical (unpaired) electrons. The fraction of sp³-hybridized carbons (Fsp3) is 0.500. The van der Waals surface area contributed by atoms with Crippen LogP contribution in [0, 0.1) is 6.92 Å². The van der Waals surface area contributed by atoms with E-state index in [9.17, 15) is 4.79 Å². The molecule has 1 aromatic heterocycles. The van der Waals surface area contributed by atoms with Gasteiger partial charge in [-0.1, -0.05) is 13.3 Å². The summed E-state index contributed by atoms with van der Waals surface area (Å²) in [7, 11) is 3.28. The molecule has 5 nitrogen and oxygen atoms in total. The Labute approximate surface area is 159 Å². The van der Waals surface area contributed by atoms with Crippen molar-refractivity contribution in [3.05, 3.63) is 38.8 Å². The van der Waals surface area contributed by atoms with Gasteiger partial charge in [0.05, 0.1) is 24.9 Å². The molecule has 2 heterocycles. The summed E-state index contributed by atoms with van der Waals surface area (Å²) in [5.74, 6) is 1.55. The highest BCUT2D eigenvalue weighted by Crippen LogP contribution is 2.34. The van der Waals surface area contributed by atoms with Crippen LogP contribution in [0.5, 0.6) is 11.5 Å². The van der Waals surface area contributed by atoms with E-state index in [0.29, 0.717) is 18.8 Å². The Kier molecular flexibility index (Phi) is 5.81. The van der Waals surface area contributed by atoms with Crippen molar-refractivity contribution >= 4 is 17.2 Å². The number of methoxy groups -OCH3 is 2. The predicted octanol–water partition coefficient (Wildman–Crippen LogP) is 4.01. The minimum absolute atomic E-state index is 0.0992. The average Bonchev–Trinajstić information content (AvgIpc) is 3.04. The fourth-order valence-corrected chi connectivity index (χ4v) is 4.28. The second kappa shape index (κ2) is 8.08. The summed E-state index contributed by atoms with van der Waals surface area (Å²) in [6, 6.07) is 4.02. The zero-order valence-electron chi connectivity index (χ0n) is 15.9. The highest BCUT2D eigenvalue weighted by Gasteiger charge is 2.26. The molecule has 0 fully saturated rings. The molecule has 0 N–H and O–H groups in total. The van der Waals surface area contributed by atoms with Gasteiger partial charge in [-0.3, -0.25) is 4.79 Å². The Morgan fingerprint density at radius 2 is 1.92 bits per heavy atom. The quantitative estimate of drug-likeness (QED) is 0.767. The van der Waals surface area contributed by atoms with Gasteiger partial charge in [0, 0.05) is 13.1 Å². The van der Waals surface area contributed by atoms with Crippen molar-refractivity contribution in [1.29, 1.82) is 0 Å². The van der Waals surface area contributed by atoms with E-state index in [0.717, 1.165) is 52.6 Å². The van der Waals surface area contributed by atoms with Crippen LogP contribution in [0.15, 0.2) is 12.1 Å². The monoisotopic (exact) mass is 374 g/mol. The number of fused-ring (bicyclic) bond motifs is 1. The van der Waals surface area contributed by atoms with Gasteiger partial charge in [0.15, 0.2) is 11.5 Å². The summed E-state index contributed by atoms with van der Waals surface area (Å²) in [5.41, 5.74) is 3.30. The van der Waals surface area contributed by atoms with Crippen LogP contribution in [0.3, 0.4) is 0 Å². The number of nitrogens with zero attached hydrogens (tertiary/aromatic N) is 2. The first-order chi connectivity index (χ1) is 12.6. The molecule has 0 unspecified atom stereocenters. The molecule has 26 heavy (non-hydrogen) atoms. The van der Waals surface area contributed by atoms with Gasteiger partial charge in [-0.2, -0.15) is 0 Å². The molecular weight excluding hydrogens is 348 g/mol. The Balaban J connectivity index is 1.83. The second-order valence-electron chi connectivity index (χ2n) is 6.56. The van der Waals surface area contributed by atoms with Gasteiger partial charge in [0.1, 0.15) is 4.88 Å². The maximum Gasteiger partial charge on any atom is 0.266 e. The molecule has 2 aromatic rings. The number of carbonyl (C=O) groups excluding carboxylic acids is 1. The second-order valence-corrected chi connectivity index (χ2v) is 7.77. The molecular formula is C20H26N2O3S. The average molecular weight is 375 g/mol. The predicted molar refractivity (Wildman–Crippen MR) is 103 cm³/mol. The van der Waals surface area contributed by atoms with Crippen LogP contribution in [0.1, 0.15) is 51.3 Å². The standard InChI is InChI=1S/C20H26N2O3S/c1-5-6-7-16-19(26-13(2)21-16)20(23)22-9-8-14-10-17(24-3)18(25-4)11-15(14)12-22/h10-11H,5-9,12H2,1-4H3. The topological polar surface area (TPSA) is 51.7 Å². The third-order valence-electron chi connectivity index (χ3n) is 4.77. The van der Waals surface area contributed by atoms with Crippen molar-refractivity contribution in [2.45, 2.75) is 46.1 Å². The summed E-state index contributed by atoms with van der Waals surface area (Å²) in [5, 5.41) is 0.961. The number of carbonyl (C=O) groups is 1. The van der Waals surface area contributed by atoms with Gasteiger partial charge in [0.2, 0.25) is 0 Å². The van der Waals surface area contributed by atoms with Crippen LogP contribution in [-0.2, 0) is 19.4 Å². The summed E-state index contributed by atoms with van der Waals surface area (Å²) in [4.78, 5) is 20.5. The molecule has 0 saturated carbocycles. The minimum Gasteiger partial charge on any atom is -0.493 e. The molecule has 1 amide bonds. The van der Waals surface area contributed by atoms with Crippen molar-refractivity contribution in [3.8, 4) is 11.5 Å². The Bertz CT molecular complexity index is 801.